The van der Waals surface area contributed by atoms with E-state index in [2.05, 4.69) is 121 Å². The van der Waals surface area contributed by atoms with Crippen LogP contribution in [0.1, 0.15) is 28.3 Å². The van der Waals surface area contributed by atoms with Gasteiger partial charge in [0.1, 0.15) is 0 Å². The quantitative estimate of drug-likeness (QED) is 0.391. The van der Waals surface area contributed by atoms with Crippen LogP contribution in [-0.2, 0) is 6.54 Å². The predicted octanol–water partition coefficient (Wildman–Crippen LogP) is 6.74. The van der Waals surface area contributed by atoms with Crippen molar-refractivity contribution in [2.75, 3.05) is 0 Å². The monoisotopic (exact) mass is 373 g/mol. The summed E-state index contributed by atoms with van der Waals surface area (Å²) < 4.78 is 0. The molecule has 0 spiro atoms. The SMILES string of the molecule is C(=C(c1ccc(-c2ccccc2)cc1)C1NCc2ccccc21)c1ccccc1. The van der Waals surface area contributed by atoms with Gasteiger partial charge in [-0.15, -0.1) is 0 Å². The van der Waals surface area contributed by atoms with Gasteiger partial charge in [0.2, 0.25) is 0 Å². The molecule has 5 rings (SSSR count). The van der Waals surface area contributed by atoms with Crippen molar-refractivity contribution in [1.29, 1.82) is 0 Å². The average Bonchev–Trinajstić information content (AvgIpc) is 3.23. The Bertz CT molecular complexity index is 1130. The fraction of sp³-hybridized carbons (Fsp3) is 0.0714. The van der Waals surface area contributed by atoms with Gasteiger partial charge in [0.05, 0.1) is 6.04 Å². The lowest BCUT2D eigenvalue weighted by molar-refractivity contribution is 0.700. The lowest BCUT2D eigenvalue weighted by atomic mass is 9.90. The van der Waals surface area contributed by atoms with E-state index in [4.69, 9.17) is 0 Å². The molecule has 0 radical (unpaired) electrons. The number of hydrogen-bond acceptors (Lipinski definition) is 1. The zero-order chi connectivity index (χ0) is 19.5. The largest absolute Gasteiger partial charge is 0.302 e. The van der Waals surface area contributed by atoms with Crippen molar-refractivity contribution in [2.45, 2.75) is 12.6 Å². The summed E-state index contributed by atoms with van der Waals surface area (Å²) in [5, 5.41) is 3.72. The average molecular weight is 373 g/mol. The van der Waals surface area contributed by atoms with Gasteiger partial charge in [0, 0.05) is 6.54 Å². The first-order valence-electron chi connectivity index (χ1n) is 10.1. The summed E-state index contributed by atoms with van der Waals surface area (Å²) in [6, 6.07) is 39.0. The first-order valence-corrected chi connectivity index (χ1v) is 10.1. The van der Waals surface area contributed by atoms with Gasteiger partial charge in [-0.1, -0.05) is 109 Å². The molecule has 29 heavy (non-hydrogen) atoms. The highest BCUT2D eigenvalue weighted by molar-refractivity contribution is 5.86. The summed E-state index contributed by atoms with van der Waals surface area (Å²) in [7, 11) is 0. The van der Waals surface area contributed by atoms with Gasteiger partial charge in [-0.25, -0.2) is 0 Å². The third-order valence-corrected chi connectivity index (χ3v) is 5.62. The zero-order valence-corrected chi connectivity index (χ0v) is 16.3. The van der Waals surface area contributed by atoms with E-state index < -0.39 is 0 Å². The van der Waals surface area contributed by atoms with Gasteiger partial charge < -0.3 is 5.32 Å². The van der Waals surface area contributed by atoms with E-state index in [1.807, 2.05) is 0 Å². The summed E-state index contributed by atoms with van der Waals surface area (Å²) in [4.78, 5) is 0. The molecule has 1 heteroatoms. The van der Waals surface area contributed by atoms with E-state index in [0.29, 0.717) is 0 Å². The van der Waals surface area contributed by atoms with Crippen molar-refractivity contribution < 1.29 is 0 Å². The van der Waals surface area contributed by atoms with Crippen LogP contribution in [0.3, 0.4) is 0 Å². The fourth-order valence-electron chi connectivity index (χ4n) is 4.12. The van der Waals surface area contributed by atoms with E-state index in [1.165, 1.54) is 39.0 Å². The number of benzene rings is 4. The van der Waals surface area contributed by atoms with Crippen LogP contribution in [0.15, 0.2) is 109 Å². The Morgan fingerprint density at radius 1 is 0.655 bits per heavy atom. The zero-order valence-electron chi connectivity index (χ0n) is 16.3. The standard InChI is InChI=1S/C28H23N/c1-3-9-21(10-4-1)19-27(28-26-14-8-7-13-25(26)20-29-28)24-17-15-23(16-18-24)22-11-5-2-6-12-22/h1-19,28-29H,20H2. The van der Waals surface area contributed by atoms with Crippen LogP contribution in [0.25, 0.3) is 22.8 Å². The highest BCUT2D eigenvalue weighted by atomic mass is 14.9. The molecule has 0 aromatic heterocycles. The number of fused-ring (bicyclic) bond motifs is 1. The molecule has 1 atom stereocenters. The predicted molar refractivity (Wildman–Crippen MR) is 122 cm³/mol. The summed E-state index contributed by atoms with van der Waals surface area (Å²) in [5.41, 5.74) is 9.04. The van der Waals surface area contributed by atoms with Gasteiger partial charge >= 0.3 is 0 Å². The van der Waals surface area contributed by atoms with Crippen molar-refractivity contribution in [1.82, 2.24) is 5.32 Å². The van der Waals surface area contributed by atoms with E-state index in [0.717, 1.165) is 6.54 Å². The van der Waals surface area contributed by atoms with Crippen LogP contribution in [0, 0.1) is 0 Å². The second-order valence-corrected chi connectivity index (χ2v) is 7.47. The highest BCUT2D eigenvalue weighted by Gasteiger charge is 2.25. The molecule has 1 unspecified atom stereocenters. The minimum absolute atomic E-state index is 0.203. The third kappa shape index (κ3) is 3.65. The molecule has 0 amide bonds. The molecule has 1 aliphatic heterocycles. The number of hydrogen-bond donors (Lipinski definition) is 1. The maximum Gasteiger partial charge on any atom is 0.0588 e. The van der Waals surface area contributed by atoms with Crippen molar-refractivity contribution in [3.63, 3.8) is 0 Å². The Kier molecular flexibility index (Phi) is 4.81. The molecule has 1 aliphatic rings. The summed E-state index contributed by atoms with van der Waals surface area (Å²) in [6.45, 7) is 0.912. The molecular weight excluding hydrogens is 350 g/mol. The van der Waals surface area contributed by atoms with Crippen LogP contribution >= 0.6 is 0 Å². The Morgan fingerprint density at radius 2 is 1.28 bits per heavy atom. The minimum Gasteiger partial charge on any atom is -0.302 e. The van der Waals surface area contributed by atoms with E-state index in [9.17, 15) is 0 Å². The summed E-state index contributed by atoms with van der Waals surface area (Å²) >= 11 is 0. The lowest BCUT2D eigenvalue weighted by Crippen LogP contribution is -2.14. The molecule has 0 saturated heterocycles. The van der Waals surface area contributed by atoms with Gasteiger partial charge in [-0.05, 0) is 45.0 Å². The van der Waals surface area contributed by atoms with Crippen molar-refractivity contribution in [3.05, 3.63) is 131 Å². The Morgan fingerprint density at radius 3 is 2.03 bits per heavy atom. The Hall–Kier alpha value is -3.42. The van der Waals surface area contributed by atoms with Crippen LogP contribution in [0.5, 0.6) is 0 Å². The van der Waals surface area contributed by atoms with Crippen LogP contribution in [-0.4, -0.2) is 0 Å². The van der Waals surface area contributed by atoms with Crippen molar-refractivity contribution in [3.8, 4) is 11.1 Å². The van der Waals surface area contributed by atoms with E-state index >= 15 is 0 Å². The molecule has 1 heterocycles. The van der Waals surface area contributed by atoms with Gasteiger partial charge in [0.15, 0.2) is 0 Å². The molecule has 0 fully saturated rings. The Balaban J connectivity index is 1.57. The molecule has 0 saturated carbocycles. The van der Waals surface area contributed by atoms with Crippen LogP contribution < -0.4 is 5.32 Å². The normalized spacial score (nSPS) is 15.9. The van der Waals surface area contributed by atoms with Crippen molar-refractivity contribution in [2.24, 2.45) is 0 Å². The molecule has 4 aromatic carbocycles. The minimum atomic E-state index is 0.203. The second kappa shape index (κ2) is 7.90. The molecule has 0 aliphatic carbocycles. The van der Waals surface area contributed by atoms with Gasteiger partial charge in [0.25, 0.3) is 0 Å². The Labute approximate surface area is 172 Å². The third-order valence-electron chi connectivity index (χ3n) is 5.62. The number of rotatable bonds is 4. The maximum atomic E-state index is 3.72. The van der Waals surface area contributed by atoms with Gasteiger partial charge in [-0.3, -0.25) is 0 Å². The molecule has 1 nitrogen and oxygen atoms in total. The smallest absolute Gasteiger partial charge is 0.0588 e. The van der Waals surface area contributed by atoms with E-state index in [1.54, 1.807) is 0 Å². The molecule has 0 bridgehead atoms. The topological polar surface area (TPSA) is 12.0 Å². The lowest BCUT2D eigenvalue weighted by Gasteiger charge is -2.18. The fourth-order valence-corrected chi connectivity index (χ4v) is 4.12. The second-order valence-electron chi connectivity index (χ2n) is 7.47. The molecular formula is C28H23N. The molecule has 1 N–H and O–H groups in total. The maximum absolute atomic E-state index is 3.72. The first-order chi connectivity index (χ1) is 14.4. The van der Waals surface area contributed by atoms with Crippen LogP contribution in [0.2, 0.25) is 0 Å². The molecule has 4 aromatic rings. The van der Waals surface area contributed by atoms with Crippen molar-refractivity contribution >= 4 is 11.6 Å². The van der Waals surface area contributed by atoms with E-state index in [-0.39, 0.29) is 6.04 Å². The first kappa shape index (κ1) is 17.7. The molecule has 140 valence electrons. The van der Waals surface area contributed by atoms with Crippen LogP contribution in [0.4, 0.5) is 0 Å². The summed E-state index contributed by atoms with van der Waals surface area (Å²) in [6.07, 6.45) is 2.32. The summed E-state index contributed by atoms with van der Waals surface area (Å²) in [5.74, 6) is 0. The van der Waals surface area contributed by atoms with Gasteiger partial charge in [-0.2, -0.15) is 0 Å². The highest BCUT2D eigenvalue weighted by Crippen LogP contribution is 2.38. The number of nitrogens with one attached hydrogen (secondary N) is 1.